The van der Waals surface area contributed by atoms with E-state index in [1.165, 1.54) is 15.9 Å². The Morgan fingerprint density at radius 3 is 1.84 bits per heavy atom. The fourth-order valence-corrected chi connectivity index (χ4v) is 9.72. The minimum atomic E-state index is -2.57. The highest BCUT2D eigenvalue weighted by Crippen LogP contribution is 2.37. The molecule has 3 aromatic carbocycles. The molecule has 3 aromatic rings. The van der Waals surface area contributed by atoms with Gasteiger partial charge in [-0.05, 0) is 27.4 Å². The predicted octanol–water partition coefficient (Wildman–Crippen LogP) is 4.20. The first-order valence-electron chi connectivity index (χ1n) is 11.6. The third-order valence-electron chi connectivity index (χ3n) is 6.64. The molecular weight excluding hydrogens is 410 g/mol. The summed E-state index contributed by atoms with van der Waals surface area (Å²) in [6, 6.07) is 32.3. The Hall–Kier alpha value is -2.24. The molecule has 0 saturated carbocycles. The van der Waals surface area contributed by atoms with Crippen LogP contribution in [0, 0.1) is 0 Å². The summed E-state index contributed by atoms with van der Waals surface area (Å²) in [6.07, 6.45) is 0.455. The van der Waals surface area contributed by atoms with Gasteiger partial charge in [0.15, 0.2) is 0 Å². The molecule has 168 valence electrons. The summed E-state index contributed by atoms with van der Waals surface area (Å²) in [6.45, 7) is 9.09. The molecule has 4 rings (SSSR count). The first kappa shape index (κ1) is 22.9. The van der Waals surface area contributed by atoms with Crippen molar-refractivity contribution in [1.82, 2.24) is 4.90 Å². The van der Waals surface area contributed by atoms with Crippen molar-refractivity contribution in [2.24, 2.45) is 0 Å². The van der Waals surface area contributed by atoms with Crippen molar-refractivity contribution in [1.29, 1.82) is 0 Å². The number of rotatable bonds is 7. The molecule has 0 aromatic heterocycles. The average Bonchev–Trinajstić information content (AvgIpc) is 3.14. The van der Waals surface area contributed by atoms with E-state index in [0.29, 0.717) is 13.2 Å². The Morgan fingerprint density at radius 2 is 1.34 bits per heavy atom. The number of hydrogen-bond acceptors (Lipinski definition) is 3. The van der Waals surface area contributed by atoms with Gasteiger partial charge in [0.25, 0.3) is 8.32 Å². The van der Waals surface area contributed by atoms with Crippen LogP contribution in [0.25, 0.3) is 0 Å². The molecule has 32 heavy (non-hydrogen) atoms. The molecular formula is C28H35NO2Si. The quantitative estimate of drug-likeness (QED) is 0.553. The SMILES string of the molecule is CC(C)(C)[Si](OC[C@@H]1C[C@H](O)CN1Cc1ccccc1)(c1ccccc1)c1ccccc1. The van der Waals surface area contributed by atoms with Crippen LogP contribution in [0.2, 0.25) is 5.04 Å². The van der Waals surface area contributed by atoms with Gasteiger partial charge >= 0.3 is 0 Å². The maximum Gasteiger partial charge on any atom is 0.261 e. The summed E-state index contributed by atoms with van der Waals surface area (Å²) < 4.78 is 7.15. The van der Waals surface area contributed by atoms with Crippen LogP contribution in [0.5, 0.6) is 0 Å². The topological polar surface area (TPSA) is 32.7 Å². The Balaban J connectivity index is 1.65. The van der Waals surface area contributed by atoms with Crippen molar-refractivity contribution in [2.75, 3.05) is 13.2 Å². The monoisotopic (exact) mass is 445 g/mol. The zero-order valence-corrected chi connectivity index (χ0v) is 20.4. The standard InChI is InChI=1S/C28H35NO2Si/c1-28(2,3)32(26-15-9-5-10-16-26,27-17-11-6-12-18-27)31-22-24-19-25(30)21-29(24)20-23-13-7-4-8-14-23/h4-18,24-25,30H,19-22H2,1-3H3/t24-,25-/m0/s1. The lowest BCUT2D eigenvalue weighted by atomic mass is 10.2. The maximum absolute atomic E-state index is 10.5. The Labute approximate surface area is 193 Å². The van der Waals surface area contributed by atoms with Crippen LogP contribution in [0.4, 0.5) is 0 Å². The van der Waals surface area contributed by atoms with Crippen LogP contribution in [0.1, 0.15) is 32.8 Å². The molecule has 0 unspecified atom stereocenters. The van der Waals surface area contributed by atoms with Gasteiger partial charge in [0.2, 0.25) is 0 Å². The van der Waals surface area contributed by atoms with E-state index in [4.69, 9.17) is 4.43 Å². The number of β-amino-alcohol motifs (C(OH)–C–C–N with tert-alkyl or cyclic N) is 1. The van der Waals surface area contributed by atoms with Gasteiger partial charge in [0, 0.05) is 19.1 Å². The molecule has 0 spiro atoms. The molecule has 0 bridgehead atoms. The van der Waals surface area contributed by atoms with E-state index in [2.05, 4.69) is 111 Å². The molecule has 4 heteroatoms. The van der Waals surface area contributed by atoms with E-state index in [1.54, 1.807) is 0 Å². The summed E-state index contributed by atoms with van der Waals surface area (Å²) in [5.41, 5.74) is 1.28. The van der Waals surface area contributed by atoms with E-state index in [0.717, 1.165) is 13.0 Å². The summed E-state index contributed by atoms with van der Waals surface area (Å²) in [5.74, 6) is 0. The molecule has 1 N–H and O–H groups in total. The van der Waals surface area contributed by atoms with Crippen LogP contribution >= 0.6 is 0 Å². The Kier molecular flexibility index (Phi) is 6.96. The van der Waals surface area contributed by atoms with Crippen molar-refractivity contribution in [3.8, 4) is 0 Å². The van der Waals surface area contributed by atoms with Gasteiger partial charge in [-0.2, -0.15) is 0 Å². The highest BCUT2D eigenvalue weighted by atomic mass is 28.4. The molecule has 0 amide bonds. The molecule has 0 radical (unpaired) electrons. The van der Waals surface area contributed by atoms with E-state index in [1.807, 2.05) is 6.07 Å². The molecule has 1 aliphatic heterocycles. The number of aliphatic hydroxyl groups is 1. The first-order chi connectivity index (χ1) is 15.4. The molecule has 1 saturated heterocycles. The zero-order chi connectivity index (χ0) is 22.6. The van der Waals surface area contributed by atoms with Crippen LogP contribution in [-0.2, 0) is 11.0 Å². The molecule has 2 atom stereocenters. The number of aliphatic hydroxyl groups excluding tert-OH is 1. The van der Waals surface area contributed by atoms with E-state index in [9.17, 15) is 5.11 Å². The van der Waals surface area contributed by atoms with Crippen LogP contribution in [0.3, 0.4) is 0 Å². The lowest BCUT2D eigenvalue weighted by molar-refractivity contribution is 0.155. The van der Waals surface area contributed by atoms with Crippen molar-refractivity contribution < 1.29 is 9.53 Å². The second kappa shape index (κ2) is 9.71. The summed E-state index contributed by atoms with van der Waals surface area (Å²) in [5, 5.41) is 13.0. The van der Waals surface area contributed by atoms with E-state index < -0.39 is 8.32 Å². The van der Waals surface area contributed by atoms with Crippen molar-refractivity contribution >= 4 is 18.7 Å². The molecule has 1 heterocycles. The molecule has 1 fully saturated rings. The van der Waals surface area contributed by atoms with E-state index >= 15 is 0 Å². The van der Waals surface area contributed by atoms with Crippen molar-refractivity contribution in [2.45, 2.75) is 50.9 Å². The number of likely N-dealkylation sites (tertiary alicyclic amines) is 1. The molecule has 1 aliphatic rings. The largest absolute Gasteiger partial charge is 0.406 e. The van der Waals surface area contributed by atoms with Gasteiger partial charge < -0.3 is 9.53 Å². The third-order valence-corrected chi connectivity index (χ3v) is 11.6. The summed E-state index contributed by atoms with van der Waals surface area (Å²) in [7, 11) is -2.57. The number of benzene rings is 3. The van der Waals surface area contributed by atoms with Gasteiger partial charge in [-0.3, -0.25) is 4.90 Å². The second-order valence-electron chi connectivity index (χ2n) is 9.93. The highest BCUT2D eigenvalue weighted by Gasteiger charge is 2.50. The maximum atomic E-state index is 10.5. The Morgan fingerprint density at radius 1 is 0.844 bits per heavy atom. The summed E-state index contributed by atoms with van der Waals surface area (Å²) in [4.78, 5) is 2.39. The van der Waals surface area contributed by atoms with Gasteiger partial charge in [-0.1, -0.05) is 112 Å². The van der Waals surface area contributed by atoms with Crippen LogP contribution in [0.15, 0.2) is 91.0 Å². The highest BCUT2D eigenvalue weighted by molar-refractivity contribution is 6.99. The molecule has 3 nitrogen and oxygen atoms in total. The van der Waals surface area contributed by atoms with Crippen molar-refractivity contribution in [3.05, 3.63) is 96.6 Å². The summed E-state index contributed by atoms with van der Waals surface area (Å²) >= 11 is 0. The van der Waals surface area contributed by atoms with Crippen LogP contribution < -0.4 is 10.4 Å². The molecule has 0 aliphatic carbocycles. The third kappa shape index (κ3) is 4.74. The number of nitrogens with zero attached hydrogens (tertiary/aromatic N) is 1. The smallest absolute Gasteiger partial charge is 0.261 e. The minimum absolute atomic E-state index is 0.0445. The second-order valence-corrected chi connectivity index (χ2v) is 14.2. The zero-order valence-electron chi connectivity index (χ0n) is 19.4. The average molecular weight is 446 g/mol. The van der Waals surface area contributed by atoms with Gasteiger partial charge in [-0.25, -0.2) is 0 Å². The Bertz CT molecular complexity index is 933. The first-order valence-corrected chi connectivity index (χ1v) is 13.5. The lowest BCUT2D eigenvalue weighted by Crippen LogP contribution is -2.67. The van der Waals surface area contributed by atoms with Gasteiger partial charge in [0.05, 0.1) is 12.7 Å². The normalized spacial score (nSPS) is 19.9. The predicted molar refractivity (Wildman–Crippen MR) is 135 cm³/mol. The van der Waals surface area contributed by atoms with Gasteiger partial charge in [0.1, 0.15) is 0 Å². The minimum Gasteiger partial charge on any atom is -0.406 e. The van der Waals surface area contributed by atoms with Crippen LogP contribution in [-0.4, -0.2) is 43.6 Å². The van der Waals surface area contributed by atoms with Gasteiger partial charge in [-0.15, -0.1) is 0 Å². The fraction of sp³-hybridized carbons (Fsp3) is 0.357. The lowest BCUT2D eigenvalue weighted by Gasteiger charge is -2.44. The van der Waals surface area contributed by atoms with Crippen molar-refractivity contribution in [3.63, 3.8) is 0 Å². The van der Waals surface area contributed by atoms with E-state index in [-0.39, 0.29) is 17.2 Å². The number of hydrogen-bond donors (Lipinski definition) is 1. The fourth-order valence-electron chi connectivity index (χ4n) is 5.13.